The Hall–Kier alpha value is -0.910. The Kier molecular flexibility index (Phi) is 5.36. The second kappa shape index (κ2) is 7.03. The third-order valence-corrected chi connectivity index (χ3v) is 4.17. The quantitative estimate of drug-likeness (QED) is 0.870. The van der Waals surface area contributed by atoms with Crippen LogP contribution in [-0.2, 0) is 11.3 Å². The van der Waals surface area contributed by atoms with Crippen molar-refractivity contribution in [3.05, 3.63) is 34.3 Å². The van der Waals surface area contributed by atoms with Crippen molar-refractivity contribution in [2.45, 2.75) is 25.4 Å². The van der Waals surface area contributed by atoms with E-state index in [1.165, 1.54) is 5.56 Å². The van der Waals surface area contributed by atoms with Gasteiger partial charge in [-0.15, -0.1) is 0 Å². The van der Waals surface area contributed by atoms with Crippen molar-refractivity contribution >= 4 is 21.9 Å². The van der Waals surface area contributed by atoms with Gasteiger partial charge in [-0.2, -0.15) is 0 Å². The average Bonchev–Trinajstić information content (AvgIpc) is 2.40. The highest BCUT2D eigenvalue weighted by Gasteiger charge is 2.20. The number of carbonyl (C=O) groups is 1. The minimum Gasteiger partial charge on any atom is -0.480 e. The van der Waals surface area contributed by atoms with Crippen LogP contribution in [0.5, 0.6) is 0 Å². The third kappa shape index (κ3) is 4.60. The summed E-state index contributed by atoms with van der Waals surface area (Å²) in [5.41, 5.74) is 1.28. The molecule has 2 rings (SSSR count). The summed E-state index contributed by atoms with van der Waals surface area (Å²) >= 11 is 3.57. The molecule has 1 aromatic carbocycles. The molecular weight excluding hydrogens is 308 g/mol. The summed E-state index contributed by atoms with van der Waals surface area (Å²) in [4.78, 5) is 13.0. The first-order valence-electron chi connectivity index (χ1n) is 6.56. The van der Waals surface area contributed by atoms with E-state index in [1.54, 1.807) is 0 Å². The molecule has 1 atom stereocenters. The maximum Gasteiger partial charge on any atom is 0.317 e. The molecule has 4 nitrogen and oxygen atoms in total. The molecule has 1 fully saturated rings. The van der Waals surface area contributed by atoms with E-state index in [9.17, 15) is 4.79 Å². The van der Waals surface area contributed by atoms with Gasteiger partial charge in [-0.25, -0.2) is 0 Å². The molecule has 1 aliphatic heterocycles. The molecule has 1 aromatic rings. The molecule has 2 N–H and O–H groups in total. The Morgan fingerprint density at radius 1 is 1.47 bits per heavy atom. The summed E-state index contributed by atoms with van der Waals surface area (Å²) in [6, 6.07) is 8.52. The highest BCUT2D eigenvalue weighted by Crippen LogP contribution is 2.20. The summed E-state index contributed by atoms with van der Waals surface area (Å²) in [5.74, 6) is -0.789. The lowest BCUT2D eigenvalue weighted by atomic mass is 10.0. The van der Waals surface area contributed by atoms with E-state index in [0.29, 0.717) is 0 Å². The Labute approximate surface area is 121 Å². The van der Waals surface area contributed by atoms with Gasteiger partial charge in [0.05, 0.1) is 6.54 Å². The zero-order valence-corrected chi connectivity index (χ0v) is 12.4. The number of rotatable bonds is 5. The van der Waals surface area contributed by atoms with Crippen molar-refractivity contribution in [3.8, 4) is 0 Å². The predicted molar refractivity (Wildman–Crippen MR) is 78.1 cm³/mol. The fraction of sp³-hybridized carbons (Fsp3) is 0.500. The van der Waals surface area contributed by atoms with Crippen LogP contribution in [0.1, 0.15) is 18.4 Å². The van der Waals surface area contributed by atoms with E-state index >= 15 is 0 Å². The molecule has 0 radical (unpaired) electrons. The molecule has 5 heteroatoms. The second-order valence-corrected chi connectivity index (χ2v) is 5.79. The van der Waals surface area contributed by atoms with Crippen LogP contribution in [0.4, 0.5) is 0 Å². The number of hydrogen-bond acceptors (Lipinski definition) is 3. The molecule has 1 heterocycles. The van der Waals surface area contributed by atoms with Crippen LogP contribution < -0.4 is 5.32 Å². The number of nitrogens with zero attached hydrogens (tertiary/aromatic N) is 1. The fourth-order valence-electron chi connectivity index (χ4n) is 2.46. The van der Waals surface area contributed by atoms with Gasteiger partial charge in [-0.05, 0) is 31.0 Å². The number of carboxylic acids is 1. The second-order valence-electron chi connectivity index (χ2n) is 4.94. The monoisotopic (exact) mass is 326 g/mol. The Balaban J connectivity index is 1.87. The maximum absolute atomic E-state index is 10.6. The van der Waals surface area contributed by atoms with Crippen molar-refractivity contribution in [1.82, 2.24) is 10.2 Å². The Morgan fingerprint density at radius 3 is 3.00 bits per heavy atom. The van der Waals surface area contributed by atoms with E-state index in [0.717, 1.165) is 36.9 Å². The molecular formula is C14H19BrN2O2. The van der Waals surface area contributed by atoms with Crippen LogP contribution in [0.25, 0.3) is 0 Å². The molecule has 0 spiro atoms. The normalized spacial score (nSPS) is 20.4. The molecule has 1 unspecified atom stereocenters. The number of hydrogen-bond donors (Lipinski definition) is 2. The van der Waals surface area contributed by atoms with Crippen LogP contribution >= 0.6 is 15.9 Å². The zero-order chi connectivity index (χ0) is 13.7. The molecule has 0 bridgehead atoms. The first-order valence-corrected chi connectivity index (χ1v) is 7.35. The average molecular weight is 327 g/mol. The first-order chi connectivity index (χ1) is 9.15. The van der Waals surface area contributed by atoms with Gasteiger partial charge in [0, 0.05) is 23.6 Å². The van der Waals surface area contributed by atoms with Crippen LogP contribution in [0.2, 0.25) is 0 Å². The van der Waals surface area contributed by atoms with Crippen molar-refractivity contribution in [2.24, 2.45) is 0 Å². The van der Waals surface area contributed by atoms with E-state index in [2.05, 4.69) is 38.3 Å². The lowest BCUT2D eigenvalue weighted by Crippen LogP contribution is -2.46. The van der Waals surface area contributed by atoms with Gasteiger partial charge < -0.3 is 10.4 Å². The minimum atomic E-state index is -0.789. The first kappa shape index (κ1) is 14.5. The van der Waals surface area contributed by atoms with Crippen molar-refractivity contribution in [2.75, 3.05) is 19.6 Å². The molecule has 1 aliphatic rings. The number of nitrogens with one attached hydrogen (secondary N) is 1. The molecule has 0 saturated carbocycles. The number of likely N-dealkylation sites (tertiary alicyclic amines) is 1. The standard InChI is InChI=1S/C14H19BrN2O2/c15-13-6-2-1-4-11(13)9-17-7-3-5-12(10-17)16-8-14(18)19/h1-2,4,6,12,16H,3,5,7-10H2,(H,18,19). The number of piperidine rings is 1. The largest absolute Gasteiger partial charge is 0.480 e. The fourth-order valence-corrected chi connectivity index (χ4v) is 2.88. The van der Waals surface area contributed by atoms with Crippen LogP contribution in [0, 0.1) is 0 Å². The van der Waals surface area contributed by atoms with Gasteiger partial charge in [-0.3, -0.25) is 9.69 Å². The summed E-state index contributed by atoms with van der Waals surface area (Å²) in [7, 11) is 0. The van der Waals surface area contributed by atoms with Gasteiger partial charge in [0.2, 0.25) is 0 Å². The third-order valence-electron chi connectivity index (χ3n) is 3.40. The van der Waals surface area contributed by atoms with E-state index < -0.39 is 5.97 Å². The van der Waals surface area contributed by atoms with E-state index in [-0.39, 0.29) is 12.6 Å². The highest BCUT2D eigenvalue weighted by molar-refractivity contribution is 9.10. The molecule has 0 aromatic heterocycles. The van der Waals surface area contributed by atoms with Gasteiger partial charge in [0.25, 0.3) is 0 Å². The van der Waals surface area contributed by atoms with Gasteiger partial charge in [0.15, 0.2) is 0 Å². The number of halogens is 1. The van der Waals surface area contributed by atoms with Crippen molar-refractivity contribution < 1.29 is 9.90 Å². The Bertz CT molecular complexity index is 439. The lowest BCUT2D eigenvalue weighted by Gasteiger charge is -2.33. The van der Waals surface area contributed by atoms with E-state index in [4.69, 9.17) is 5.11 Å². The number of benzene rings is 1. The lowest BCUT2D eigenvalue weighted by molar-refractivity contribution is -0.136. The molecule has 0 aliphatic carbocycles. The summed E-state index contributed by atoms with van der Waals surface area (Å²) in [5, 5.41) is 11.8. The summed E-state index contributed by atoms with van der Waals surface area (Å²) in [6.45, 7) is 2.95. The van der Waals surface area contributed by atoms with Gasteiger partial charge in [0.1, 0.15) is 0 Å². The van der Waals surface area contributed by atoms with Crippen LogP contribution in [0.3, 0.4) is 0 Å². The van der Waals surface area contributed by atoms with Crippen molar-refractivity contribution in [1.29, 1.82) is 0 Å². The zero-order valence-electron chi connectivity index (χ0n) is 10.8. The summed E-state index contributed by atoms with van der Waals surface area (Å²) in [6.07, 6.45) is 2.17. The van der Waals surface area contributed by atoms with E-state index in [1.807, 2.05) is 12.1 Å². The summed E-state index contributed by atoms with van der Waals surface area (Å²) < 4.78 is 1.13. The van der Waals surface area contributed by atoms with Crippen LogP contribution in [0.15, 0.2) is 28.7 Å². The predicted octanol–water partition coefficient (Wildman–Crippen LogP) is 2.09. The smallest absolute Gasteiger partial charge is 0.317 e. The number of carboxylic acid groups (broad SMARTS) is 1. The van der Waals surface area contributed by atoms with Gasteiger partial charge in [-0.1, -0.05) is 34.1 Å². The minimum absolute atomic E-state index is 0.0491. The van der Waals surface area contributed by atoms with Gasteiger partial charge >= 0.3 is 5.97 Å². The molecule has 19 heavy (non-hydrogen) atoms. The molecule has 0 amide bonds. The topological polar surface area (TPSA) is 52.6 Å². The highest BCUT2D eigenvalue weighted by atomic mass is 79.9. The SMILES string of the molecule is O=C(O)CNC1CCCN(Cc2ccccc2Br)C1. The number of aliphatic carboxylic acids is 1. The molecule has 104 valence electrons. The maximum atomic E-state index is 10.6. The van der Waals surface area contributed by atoms with Crippen LogP contribution in [-0.4, -0.2) is 41.7 Å². The van der Waals surface area contributed by atoms with Crippen molar-refractivity contribution in [3.63, 3.8) is 0 Å². The molecule has 1 saturated heterocycles. The Morgan fingerprint density at radius 2 is 2.26 bits per heavy atom.